The van der Waals surface area contributed by atoms with Crippen LogP contribution >= 0.6 is 22.6 Å². The number of alkyl halides is 2. The van der Waals surface area contributed by atoms with Gasteiger partial charge in [0.05, 0.1) is 4.05 Å². The molecule has 0 heterocycles. The fraction of sp³-hybridized carbons (Fsp3) is 0.600. The highest BCUT2D eigenvalue weighted by Gasteiger charge is 2.05. The molecule has 2 atom stereocenters. The molecule has 3 N–H and O–H groups in total. The first-order valence-corrected chi connectivity index (χ1v) is 5.89. The molecule has 0 bridgehead atoms. The lowest BCUT2D eigenvalue weighted by atomic mass is 10.2. The molecule has 4 heteroatoms. The summed E-state index contributed by atoms with van der Waals surface area (Å²) in [6, 6.07) is 0. The first-order chi connectivity index (χ1) is 6.61. The second-order valence-corrected chi connectivity index (χ2v) is 4.28. The largest absolute Gasteiger partial charge is 0.405 e. The van der Waals surface area contributed by atoms with E-state index in [0.717, 1.165) is 0 Å². The van der Waals surface area contributed by atoms with E-state index in [1.807, 2.05) is 6.92 Å². The molecule has 0 aliphatic carbocycles. The van der Waals surface area contributed by atoms with Crippen LogP contribution in [0.2, 0.25) is 0 Å². The van der Waals surface area contributed by atoms with Crippen molar-refractivity contribution in [3.63, 3.8) is 0 Å². The molecule has 0 saturated heterocycles. The van der Waals surface area contributed by atoms with Crippen molar-refractivity contribution in [2.75, 3.05) is 6.54 Å². The summed E-state index contributed by atoms with van der Waals surface area (Å²) < 4.78 is 13.2. The second kappa shape index (κ2) is 8.23. The van der Waals surface area contributed by atoms with Gasteiger partial charge in [0.15, 0.2) is 0 Å². The molecule has 0 rings (SSSR count). The van der Waals surface area contributed by atoms with Crippen molar-refractivity contribution >= 4 is 22.6 Å². The Morgan fingerprint density at radius 2 is 2.29 bits per heavy atom. The number of halogens is 2. The molecule has 0 saturated carbocycles. The molecule has 0 aliphatic rings. The van der Waals surface area contributed by atoms with Gasteiger partial charge in [0.1, 0.15) is 6.17 Å². The summed E-state index contributed by atoms with van der Waals surface area (Å²) in [5, 5.41) is 3.23. The fourth-order valence-corrected chi connectivity index (χ4v) is 1.54. The van der Waals surface area contributed by atoms with E-state index < -0.39 is 6.17 Å². The Balaban J connectivity index is 3.64. The molecule has 0 amide bonds. The third-order valence-corrected chi connectivity index (χ3v) is 3.34. The molecule has 82 valence electrons. The molecular formula is C10H18FIN2. The summed E-state index contributed by atoms with van der Waals surface area (Å²) >= 11 is 2.29. The standard InChI is InChI=1S/C10H18FIN2/c1-3-8(2)10(12)14-7-5-9(11)4-6-13/h3-4,6,9-10,14H,5,7,13H2,1-2H3/b6-4-,8-3+/t9-,10?/m0/s1. The van der Waals surface area contributed by atoms with Gasteiger partial charge >= 0.3 is 0 Å². The number of nitrogens with two attached hydrogens (primary N) is 1. The normalized spacial score (nSPS) is 17.3. The second-order valence-electron chi connectivity index (χ2n) is 3.04. The summed E-state index contributed by atoms with van der Waals surface area (Å²) in [4.78, 5) is 0. The maximum atomic E-state index is 12.9. The lowest BCUT2D eigenvalue weighted by Gasteiger charge is -2.12. The van der Waals surface area contributed by atoms with Gasteiger partial charge in [-0.15, -0.1) is 0 Å². The summed E-state index contributed by atoms with van der Waals surface area (Å²) in [6.45, 7) is 4.71. The van der Waals surface area contributed by atoms with Crippen LogP contribution in [0.3, 0.4) is 0 Å². The Labute approximate surface area is 99.0 Å². The molecule has 0 aromatic rings. The lowest BCUT2D eigenvalue weighted by molar-refractivity contribution is 0.372. The van der Waals surface area contributed by atoms with Gasteiger partial charge in [-0.2, -0.15) is 0 Å². The van der Waals surface area contributed by atoms with E-state index >= 15 is 0 Å². The minimum absolute atomic E-state index is 0.284. The number of rotatable bonds is 6. The van der Waals surface area contributed by atoms with Gasteiger partial charge in [0, 0.05) is 0 Å². The molecular weight excluding hydrogens is 294 g/mol. The van der Waals surface area contributed by atoms with Crippen molar-refractivity contribution in [1.82, 2.24) is 5.32 Å². The molecule has 0 aromatic heterocycles. The third-order valence-electron chi connectivity index (χ3n) is 1.92. The molecule has 0 aliphatic heterocycles. The quantitative estimate of drug-likeness (QED) is 0.342. The summed E-state index contributed by atoms with van der Waals surface area (Å²) in [5.41, 5.74) is 6.34. The van der Waals surface area contributed by atoms with Gasteiger partial charge in [0.2, 0.25) is 0 Å². The van der Waals surface area contributed by atoms with Crippen LogP contribution in [0.1, 0.15) is 20.3 Å². The zero-order valence-corrected chi connectivity index (χ0v) is 10.8. The molecule has 14 heavy (non-hydrogen) atoms. The van der Waals surface area contributed by atoms with Crippen molar-refractivity contribution in [2.24, 2.45) is 5.73 Å². The van der Waals surface area contributed by atoms with Crippen molar-refractivity contribution < 1.29 is 4.39 Å². The van der Waals surface area contributed by atoms with Gasteiger partial charge in [-0.3, -0.25) is 0 Å². The fourth-order valence-electron chi connectivity index (χ4n) is 0.872. The zero-order valence-electron chi connectivity index (χ0n) is 8.63. The maximum Gasteiger partial charge on any atom is 0.121 e. The van der Waals surface area contributed by atoms with Gasteiger partial charge in [-0.25, -0.2) is 4.39 Å². The van der Waals surface area contributed by atoms with Crippen LogP contribution < -0.4 is 11.1 Å². The van der Waals surface area contributed by atoms with Gasteiger partial charge in [-0.1, -0.05) is 34.2 Å². The number of hydrogen-bond acceptors (Lipinski definition) is 2. The third kappa shape index (κ3) is 6.37. The smallest absolute Gasteiger partial charge is 0.121 e. The Hall–Kier alpha value is -0.100. The average molecular weight is 312 g/mol. The molecule has 0 aromatic carbocycles. The Morgan fingerprint density at radius 3 is 2.79 bits per heavy atom. The number of hydrogen-bond donors (Lipinski definition) is 2. The van der Waals surface area contributed by atoms with Gasteiger partial charge in [-0.05, 0) is 39.1 Å². The predicted octanol–water partition coefficient (Wildman–Crippen LogP) is 2.50. The van der Waals surface area contributed by atoms with E-state index in [9.17, 15) is 4.39 Å². The van der Waals surface area contributed by atoms with Gasteiger partial charge in [0.25, 0.3) is 0 Å². The summed E-state index contributed by atoms with van der Waals surface area (Å²) in [5.74, 6) is 0. The summed E-state index contributed by atoms with van der Waals surface area (Å²) in [7, 11) is 0. The van der Waals surface area contributed by atoms with E-state index in [1.54, 1.807) is 0 Å². The van der Waals surface area contributed by atoms with Crippen LogP contribution in [-0.4, -0.2) is 16.8 Å². The van der Waals surface area contributed by atoms with E-state index in [4.69, 9.17) is 5.73 Å². The highest BCUT2D eigenvalue weighted by atomic mass is 127. The maximum absolute atomic E-state index is 12.9. The van der Waals surface area contributed by atoms with Crippen molar-refractivity contribution in [3.05, 3.63) is 23.9 Å². The highest BCUT2D eigenvalue weighted by Crippen LogP contribution is 2.09. The molecule has 1 unspecified atom stereocenters. The first kappa shape index (κ1) is 13.9. The van der Waals surface area contributed by atoms with Crippen LogP contribution in [-0.2, 0) is 0 Å². The number of nitrogens with one attached hydrogen (secondary N) is 1. The van der Waals surface area contributed by atoms with E-state index in [0.29, 0.717) is 13.0 Å². The van der Waals surface area contributed by atoms with Crippen LogP contribution in [0.4, 0.5) is 4.39 Å². The minimum Gasteiger partial charge on any atom is -0.405 e. The van der Waals surface area contributed by atoms with Crippen LogP contribution in [0.5, 0.6) is 0 Å². The Bertz CT molecular complexity index is 204. The van der Waals surface area contributed by atoms with Crippen molar-refractivity contribution in [1.29, 1.82) is 0 Å². The topological polar surface area (TPSA) is 38.0 Å². The number of allylic oxidation sites excluding steroid dienone is 2. The van der Waals surface area contributed by atoms with Crippen LogP contribution in [0.25, 0.3) is 0 Å². The Kier molecular flexibility index (Phi) is 8.17. The zero-order chi connectivity index (χ0) is 11.0. The Morgan fingerprint density at radius 1 is 1.64 bits per heavy atom. The van der Waals surface area contributed by atoms with E-state index in [2.05, 4.69) is 40.9 Å². The van der Waals surface area contributed by atoms with Crippen LogP contribution in [0.15, 0.2) is 23.9 Å². The monoisotopic (exact) mass is 312 g/mol. The lowest BCUT2D eigenvalue weighted by Crippen LogP contribution is -2.26. The minimum atomic E-state index is -0.943. The molecule has 0 spiro atoms. The van der Waals surface area contributed by atoms with Crippen LogP contribution in [0, 0.1) is 0 Å². The van der Waals surface area contributed by atoms with Crippen molar-refractivity contribution in [3.8, 4) is 0 Å². The molecule has 0 radical (unpaired) electrons. The van der Waals surface area contributed by atoms with E-state index in [-0.39, 0.29) is 4.05 Å². The van der Waals surface area contributed by atoms with Gasteiger partial charge < -0.3 is 11.1 Å². The molecule has 2 nitrogen and oxygen atoms in total. The predicted molar refractivity (Wildman–Crippen MR) is 68.1 cm³/mol. The first-order valence-electron chi connectivity index (χ1n) is 4.64. The SMILES string of the molecule is C/C=C(\C)C(I)NCC[C@@H](F)/C=C\N. The highest BCUT2D eigenvalue weighted by molar-refractivity contribution is 14.1. The molecule has 0 fully saturated rings. The average Bonchev–Trinajstić information content (AvgIpc) is 2.16. The van der Waals surface area contributed by atoms with Crippen molar-refractivity contribution in [2.45, 2.75) is 30.5 Å². The van der Waals surface area contributed by atoms with E-state index in [1.165, 1.54) is 17.8 Å². The summed E-state index contributed by atoms with van der Waals surface area (Å²) in [6.07, 6.45) is 4.19.